The minimum absolute atomic E-state index is 0.0661. The summed E-state index contributed by atoms with van der Waals surface area (Å²) in [6, 6.07) is 5.65. The van der Waals surface area contributed by atoms with E-state index in [1.165, 1.54) is 0 Å². The Labute approximate surface area is 106 Å². The van der Waals surface area contributed by atoms with Crippen LogP contribution in [-0.2, 0) is 16.1 Å². The van der Waals surface area contributed by atoms with E-state index in [1.54, 1.807) is 6.92 Å². The third-order valence-corrected chi connectivity index (χ3v) is 2.62. The molecule has 1 heterocycles. The number of hydrogen-bond acceptors (Lipinski definition) is 4. The molecule has 0 bridgehead atoms. The molecule has 5 nitrogen and oxygen atoms in total. The molecule has 0 unspecified atom stereocenters. The average Bonchev–Trinajstić information content (AvgIpc) is 2.27. The van der Waals surface area contributed by atoms with Crippen LogP contribution in [0.15, 0.2) is 18.2 Å². The van der Waals surface area contributed by atoms with Crippen molar-refractivity contribution in [1.82, 2.24) is 4.90 Å². The number of carbonyl (C=O) groups excluding carboxylic acids is 2. The Morgan fingerprint density at radius 3 is 3.00 bits per heavy atom. The molecule has 1 aromatic rings. The molecule has 0 atom stereocenters. The lowest BCUT2D eigenvalue weighted by molar-refractivity contribution is -0.119. The SMILES string of the molecule is CC(=O)CN(C)Cc1ccc2c(c1)NC(=O)CO2. The monoisotopic (exact) mass is 248 g/mol. The van der Waals surface area contributed by atoms with Gasteiger partial charge in [0.15, 0.2) is 6.61 Å². The standard InChI is InChI=1S/C13H16N2O3/c1-9(16)6-15(2)7-10-3-4-12-11(5-10)14-13(17)8-18-12/h3-5H,6-8H2,1-2H3,(H,14,17). The highest BCUT2D eigenvalue weighted by molar-refractivity contribution is 5.95. The number of rotatable bonds is 4. The Hall–Kier alpha value is -1.88. The Morgan fingerprint density at radius 2 is 2.28 bits per heavy atom. The summed E-state index contributed by atoms with van der Waals surface area (Å²) in [7, 11) is 1.88. The van der Waals surface area contributed by atoms with Gasteiger partial charge in [0.1, 0.15) is 11.5 Å². The second-order valence-corrected chi connectivity index (χ2v) is 4.54. The van der Waals surface area contributed by atoms with E-state index in [2.05, 4.69) is 5.32 Å². The number of likely N-dealkylation sites (N-methyl/N-ethyl adjacent to an activating group) is 1. The van der Waals surface area contributed by atoms with Crippen LogP contribution in [0.25, 0.3) is 0 Å². The quantitative estimate of drug-likeness (QED) is 0.865. The predicted octanol–water partition coefficient (Wildman–Crippen LogP) is 1.04. The van der Waals surface area contributed by atoms with Gasteiger partial charge in [0, 0.05) is 6.54 Å². The van der Waals surface area contributed by atoms with Crippen molar-refractivity contribution in [1.29, 1.82) is 0 Å². The average molecular weight is 248 g/mol. The smallest absolute Gasteiger partial charge is 0.262 e. The van der Waals surface area contributed by atoms with Gasteiger partial charge >= 0.3 is 0 Å². The number of nitrogens with one attached hydrogen (secondary N) is 1. The van der Waals surface area contributed by atoms with Crippen LogP contribution in [0.1, 0.15) is 12.5 Å². The number of nitrogens with zero attached hydrogens (tertiary/aromatic N) is 1. The van der Waals surface area contributed by atoms with Gasteiger partial charge in [-0.15, -0.1) is 0 Å². The van der Waals surface area contributed by atoms with Crippen molar-refractivity contribution in [3.63, 3.8) is 0 Å². The topological polar surface area (TPSA) is 58.6 Å². The van der Waals surface area contributed by atoms with Crippen molar-refractivity contribution < 1.29 is 14.3 Å². The molecule has 0 aliphatic carbocycles. The number of anilines is 1. The third-order valence-electron chi connectivity index (χ3n) is 2.62. The van der Waals surface area contributed by atoms with Crippen LogP contribution in [-0.4, -0.2) is 36.8 Å². The lowest BCUT2D eigenvalue weighted by atomic mass is 10.1. The summed E-state index contributed by atoms with van der Waals surface area (Å²) < 4.78 is 5.28. The molecule has 5 heteroatoms. The van der Waals surface area contributed by atoms with Crippen molar-refractivity contribution in [2.24, 2.45) is 0 Å². The van der Waals surface area contributed by atoms with Crippen LogP contribution in [0.4, 0.5) is 5.69 Å². The highest BCUT2D eigenvalue weighted by atomic mass is 16.5. The zero-order valence-electron chi connectivity index (χ0n) is 10.5. The van der Waals surface area contributed by atoms with Gasteiger partial charge in [0.2, 0.25) is 0 Å². The van der Waals surface area contributed by atoms with Gasteiger partial charge < -0.3 is 10.1 Å². The first-order valence-electron chi connectivity index (χ1n) is 5.78. The summed E-state index contributed by atoms with van der Waals surface area (Å²) >= 11 is 0. The van der Waals surface area contributed by atoms with E-state index in [0.717, 1.165) is 5.56 Å². The molecule has 0 aromatic heterocycles. The first kappa shape index (κ1) is 12.6. The molecule has 1 amide bonds. The number of hydrogen-bond donors (Lipinski definition) is 1. The van der Waals surface area contributed by atoms with Gasteiger partial charge in [-0.2, -0.15) is 0 Å². The van der Waals surface area contributed by atoms with Gasteiger partial charge in [-0.25, -0.2) is 0 Å². The summed E-state index contributed by atoms with van der Waals surface area (Å²) in [6.07, 6.45) is 0. The number of ketones is 1. The second-order valence-electron chi connectivity index (χ2n) is 4.54. The maximum Gasteiger partial charge on any atom is 0.262 e. The maximum absolute atomic E-state index is 11.2. The number of ether oxygens (including phenoxy) is 1. The summed E-state index contributed by atoms with van der Waals surface area (Å²) in [4.78, 5) is 24.1. The van der Waals surface area contributed by atoms with Crippen LogP contribution in [0.5, 0.6) is 5.75 Å². The molecular formula is C13H16N2O3. The fourth-order valence-corrected chi connectivity index (χ4v) is 1.98. The summed E-state index contributed by atoms with van der Waals surface area (Å²) in [5, 5.41) is 2.76. The minimum Gasteiger partial charge on any atom is -0.482 e. The molecule has 96 valence electrons. The van der Waals surface area contributed by atoms with Gasteiger partial charge in [0.25, 0.3) is 5.91 Å². The molecule has 2 rings (SSSR count). The van der Waals surface area contributed by atoms with Crippen molar-refractivity contribution >= 4 is 17.4 Å². The zero-order valence-corrected chi connectivity index (χ0v) is 10.5. The normalized spacial score (nSPS) is 13.8. The van der Waals surface area contributed by atoms with E-state index in [9.17, 15) is 9.59 Å². The van der Waals surface area contributed by atoms with E-state index < -0.39 is 0 Å². The number of benzene rings is 1. The van der Waals surface area contributed by atoms with E-state index >= 15 is 0 Å². The van der Waals surface area contributed by atoms with Gasteiger partial charge in [-0.1, -0.05) is 6.07 Å². The zero-order chi connectivity index (χ0) is 13.1. The highest BCUT2D eigenvalue weighted by Gasteiger charge is 2.16. The molecule has 1 aliphatic heterocycles. The van der Waals surface area contributed by atoms with E-state index in [4.69, 9.17) is 4.74 Å². The Kier molecular flexibility index (Phi) is 3.62. The summed E-state index contributed by atoms with van der Waals surface area (Å²) in [5.41, 5.74) is 1.73. The van der Waals surface area contributed by atoms with E-state index in [0.29, 0.717) is 24.5 Å². The number of carbonyl (C=O) groups is 2. The largest absolute Gasteiger partial charge is 0.482 e. The van der Waals surface area contributed by atoms with Crippen LogP contribution >= 0.6 is 0 Å². The Morgan fingerprint density at radius 1 is 1.50 bits per heavy atom. The van der Waals surface area contributed by atoms with Crippen molar-refractivity contribution in [2.75, 3.05) is 25.5 Å². The van der Waals surface area contributed by atoms with Crippen LogP contribution < -0.4 is 10.1 Å². The van der Waals surface area contributed by atoms with E-state index in [1.807, 2.05) is 30.1 Å². The molecular weight excluding hydrogens is 232 g/mol. The Bertz CT molecular complexity index is 485. The molecule has 0 saturated heterocycles. The third kappa shape index (κ3) is 3.07. The van der Waals surface area contributed by atoms with Crippen molar-refractivity contribution in [2.45, 2.75) is 13.5 Å². The van der Waals surface area contributed by atoms with Crippen LogP contribution in [0, 0.1) is 0 Å². The maximum atomic E-state index is 11.2. The predicted molar refractivity (Wildman–Crippen MR) is 67.6 cm³/mol. The molecule has 0 radical (unpaired) electrons. The molecule has 1 N–H and O–H groups in total. The van der Waals surface area contributed by atoms with Crippen molar-refractivity contribution in [3.8, 4) is 5.75 Å². The van der Waals surface area contributed by atoms with Gasteiger partial charge in [0.05, 0.1) is 12.2 Å². The molecule has 0 spiro atoms. The fraction of sp³-hybridized carbons (Fsp3) is 0.385. The number of amides is 1. The first-order chi connectivity index (χ1) is 8.54. The van der Waals surface area contributed by atoms with Crippen LogP contribution in [0.2, 0.25) is 0 Å². The van der Waals surface area contributed by atoms with Crippen molar-refractivity contribution in [3.05, 3.63) is 23.8 Å². The molecule has 0 fully saturated rings. The number of Topliss-reactive ketones (excluding diaryl/α,β-unsaturated/α-hetero) is 1. The molecule has 18 heavy (non-hydrogen) atoms. The Balaban J connectivity index is 2.08. The molecule has 1 aromatic carbocycles. The second kappa shape index (κ2) is 5.18. The molecule has 0 saturated carbocycles. The van der Waals surface area contributed by atoms with Gasteiger partial charge in [-0.05, 0) is 31.7 Å². The van der Waals surface area contributed by atoms with Gasteiger partial charge in [-0.3, -0.25) is 14.5 Å². The summed E-state index contributed by atoms with van der Waals surface area (Å²) in [5.74, 6) is 0.677. The van der Waals surface area contributed by atoms with Crippen LogP contribution in [0.3, 0.4) is 0 Å². The lowest BCUT2D eigenvalue weighted by Gasteiger charge is -2.20. The first-order valence-corrected chi connectivity index (χ1v) is 5.78. The number of fused-ring (bicyclic) bond motifs is 1. The summed E-state index contributed by atoms with van der Waals surface area (Å²) in [6.45, 7) is 2.71. The fourth-order valence-electron chi connectivity index (χ4n) is 1.98. The minimum atomic E-state index is -0.142. The highest BCUT2D eigenvalue weighted by Crippen LogP contribution is 2.28. The van der Waals surface area contributed by atoms with E-state index in [-0.39, 0.29) is 18.3 Å². The molecule has 1 aliphatic rings. The lowest BCUT2D eigenvalue weighted by Crippen LogP contribution is -2.26.